The lowest BCUT2D eigenvalue weighted by molar-refractivity contribution is -0.131. The maximum atomic E-state index is 11.9. The van der Waals surface area contributed by atoms with Crippen molar-refractivity contribution in [2.75, 3.05) is 17.6 Å². The van der Waals surface area contributed by atoms with Gasteiger partial charge >= 0.3 is 12.1 Å². The van der Waals surface area contributed by atoms with E-state index < -0.39 is 18.6 Å². The lowest BCUT2D eigenvalue weighted by Gasteiger charge is -2.11. The number of carbonyl (C=O) groups is 1. The predicted molar refractivity (Wildman–Crippen MR) is 57.0 cm³/mol. The molecule has 0 aliphatic carbocycles. The van der Waals surface area contributed by atoms with E-state index in [9.17, 15) is 18.0 Å². The molecular weight excluding hydrogens is 237 g/mol. The van der Waals surface area contributed by atoms with Gasteiger partial charge in [-0.1, -0.05) is 0 Å². The van der Waals surface area contributed by atoms with Crippen LogP contribution in [0.25, 0.3) is 0 Å². The van der Waals surface area contributed by atoms with E-state index in [1.807, 2.05) is 0 Å². The maximum Gasteiger partial charge on any atom is 0.390 e. The Morgan fingerprint density at radius 3 is 2.59 bits per heavy atom. The lowest BCUT2D eigenvalue weighted by atomic mass is 10.1. The molecule has 0 spiro atoms. The van der Waals surface area contributed by atoms with Crippen molar-refractivity contribution in [3.63, 3.8) is 0 Å². The molecule has 0 atom stereocenters. The van der Waals surface area contributed by atoms with Gasteiger partial charge < -0.3 is 16.2 Å². The van der Waals surface area contributed by atoms with E-state index >= 15 is 0 Å². The molecule has 0 aliphatic rings. The van der Waals surface area contributed by atoms with Crippen LogP contribution >= 0.6 is 0 Å². The molecular formula is C10H11F3N2O2. The summed E-state index contributed by atoms with van der Waals surface area (Å²) in [6, 6.07) is 3.82. The van der Waals surface area contributed by atoms with E-state index in [1.165, 1.54) is 18.2 Å². The Morgan fingerprint density at radius 1 is 1.41 bits per heavy atom. The second-order valence-electron chi connectivity index (χ2n) is 3.40. The fraction of sp³-hybridized carbons (Fsp3) is 0.300. The van der Waals surface area contributed by atoms with Gasteiger partial charge in [0.15, 0.2) is 0 Å². The molecule has 0 saturated carbocycles. The highest BCUT2D eigenvalue weighted by molar-refractivity contribution is 5.90. The van der Waals surface area contributed by atoms with Gasteiger partial charge in [0, 0.05) is 6.54 Å². The molecule has 0 aromatic heterocycles. The van der Waals surface area contributed by atoms with Crippen molar-refractivity contribution in [2.24, 2.45) is 0 Å². The Labute approximate surface area is 95.2 Å². The highest BCUT2D eigenvalue weighted by atomic mass is 19.4. The molecule has 0 unspecified atom stereocenters. The summed E-state index contributed by atoms with van der Waals surface area (Å²) in [6.45, 7) is -0.350. The van der Waals surface area contributed by atoms with Crippen molar-refractivity contribution in [3.8, 4) is 0 Å². The molecule has 0 heterocycles. The minimum absolute atomic E-state index is 0.0336. The number of nitrogens with one attached hydrogen (secondary N) is 1. The topological polar surface area (TPSA) is 75.4 Å². The fourth-order valence-corrected chi connectivity index (χ4v) is 1.18. The van der Waals surface area contributed by atoms with Gasteiger partial charge in [0.2, 0.25) is 0 Å². The number of halogens is 3. The van der Waals surface area contributed by atoms with Crippen LogP contribution in [0.4, 0.5) is 24.5 Å². The van der Waals surface area contributed by atoms with Crippen LogP contribution in [-0.4, -0.2) is 23.8 Å². The number of benzene rings is 1. The Kier molecular flexibility index (Phi) is 3.82. The van der Waals surface area contributed by atoms with Gasteiger partial charge in [-0.05, 0) is 18.2 Å². The van der Waals surface area contributed by atoms with E-state index in [2.05, 4.69) is 5.32 Å². The van der Waals surface area contributed by atoms with Gasteiger partial charge in [-0.15, -0.1) is 0 Å². The highest BCUT2D eigenvalue weighted by Gasteiger charge is 2.26. The minimum Gasteiger partial charge on any atom is -0.478 e. The molecule has 0 bridgehead atoms. The van der Waals surface area contributed by atoms with E-state index in [4.69, 9.17) is 10.8 Å². The van der Waals surface area contributed by atoms with Crippen LogP contribution in [0.3, 0.4) is 0 Å². The number of anilines is 2. The molecule has 94 valence electrons. The first-order valence-corrected chi connectivity index (χ1v) is 4.73. The monoisotopic (exact) mass is 248 g/mol. The molecule has 0 fully saturated rings. The van der Waals surface area contributed by atoms with Crippen LogP contribution in [0.15, 0.2) is 18.2 Å². The zero-order valence-corrected chi connectivity index (χ0v) is 8.71. The van der Waals surface area contributed by atoms with Gasteiger partial charge in [0.1, 0.15) is 0 Å². The van der Waals surface area contributed by atoms with Crippen molar-refractivity contribution >= 4 is 17.3 Å². The standard InChI is InChI=1S/C10H11F3N2O2/c11-10(12,13)3-4-15-8-5-6(9(16)17)1-2-7(8)14/h1-2,5,15H,3-4,14H2,(H,16,17). The average Bonchev–Trinajstić information content (AvgIpc) is 2.18. The zero-order valence-electron chi connectivity index (χ0n) is 8.71. The van der Waals surface area contributed by atoms with Crippen molar-refractivity contribution < 1.29 is 23.1 Å². The highest BCUT2D eigenvalue weighted by Crippen LogP contribution is 2.23. The van der Waals surface area contributed by atoms with Crippen LogP contribution in [0.5, 0.6) is 0 Å². The summed E-state index contributed by atoms with van der Waals surface area (Å²) >= 11 is 0. The van der Waals surface area contributed by atoms with Crippen LogP contribution < -0.4 is 11.1 Å². The Bertz CT molecular complexity index is 419. The Hall–Kier alpha value is -1.92. The summed E-state index contributed by atoms with van der Waals surface area (Å²) < 4.78 is 35.7. The lowest BCUT2D eigenvalue weighted by Crippen LogP contribution is -2.15. The second kappa shape index (κ2) is 4.94. The minimum atomic E-state index is -4.26. The third-order valence-corrected chi connectivity index (χ3v) is 2.02. The first kappa shape index (κ1) is 13.1. The number of nitrogen functional groups attached to an aromatic ring is 1. The number of hydrogen-bond acceptors (Lipinski definition) is 3. The quantitative estimate of drug-likeness (QED) is 0.715. The molecule has 0 saturated heterocycles. The summed E-state index contributed by atoms with van der Waals surface area (Å²) in [5.74, 6) is -1.16. The smallest absolute Gasteiger partial charge is 0.390 e. The fourth-order valence-electron chi connectivity index (χ4n) is 1.18. The van der Waals surface area contributed by atoms with Crippen molar-refractivity contribution in [3.05, 3.63) is 23.8 Å². The van der Waals surface area contributed by atoms with Gasteiger partial charge in [-0.3, -0.25) is 0 Å². The van der Waals surface area contributed by atoms with Crippen molar-refractivity contribution in [1.82, 2.24) is 0 Å². The van der Waals surface area contributed by atoms with Gasteiger partial charge in [-0.2, -0.15) is 13.2 Å². The molecule has 4 N–H and O–H groups in total. The SMILES string of the molecule is Nc1ccc(C(=O)O)cc1NCCC(F)(F)F. The summed E-state index contributed by atoms with van der Waals surface area (Å²) in [6.07, 6.45) is -5.27. The van der Waals surface area contributed by atoms with Crippen molar-refractivity contribution in [2.45, 2.75) is 12.6 Å². The van der Waals surface area contributed by atoms with Gasteiger partial charge in [0.05, 0.1) is 23.4 Å². The molecule has 17 heavy (non-hydrogen) atoms. The number of nitrogens with two attached hydrogens (primary N) is 1. The van der Waals surface area contributed by atoms with Crippen LogP contribution in [0.1, 0.15) is 16.8 Å². The second-order valence-corrected chi connectivity index (χ2v) is 3.40. The molecule has 0 amide bonds. The van der Waals surface area contributed by atoms with Crippen LogP contribution in [-0.2, 0) is 0 Å². The molecule has 0 radical (unpaired) electrons. The molecule has 0 aliphatic heterocycles. The number of rotatable bonds is 4. The first-order valence-electron chi connectivity index (χ1n) is 4.73. The third-order valence-electron chi connectivity index (χ3n) is 2.02. The van der Waals surface area contributed by atoms with E-state index in [0.29, 0.717) is 0 Å². The summed E-state index contributed by atoms with van der Waals surface area (Å²) in [5.41, 5.74) is 5.86. The number of aromatic carboxylic acids is 1. The normalized spacial score (nSPS) is 11.2. The van der Waals surface area contributed by atoms with E-state index in [1.54, 1.807) is 0 Å². The number of hydrogen-bond donors (Lipinski definition) is 3. The van der Waals surface area contributed by atoms with Gasteiger partial charge in [-0.25, -0.2) is 4.79 Å². The van der Waals surface area contributed by atoms with E-state index in [0.717, 1.165) is 0 Å². The van der Waals surface area contributed by atoms with Crippen LogP contribution in [0, 0.1) is 0 Å². The summed E-state index contributed by atoms with van der Waals surface area (Å²) in [7, 11) is 0. The number of carboxylic acid groups (broad SMARTS) is 1. The molecule has 1 aromatic carbocycles. The first-order chi connectivity index (χ1) is 7.79. The Morgan fingerprint density at radius 2 is 2.06 bits per heavy atom. The van der Waals surface area contributed by atoms with Gasteiger partial charge in [0.25, 0.3) is 0 Å². The molecule has 1 aromatic rings. The molecule has 4 nitrogen and oxygen atoms in total. The summed E-state index contributed by atoms with van der Waals surface area (Å²) in [5, 5.41) is 11.2. The molecule has 1 rings (SSSR count). The third kappa shape index (κ3) is 4.21. The largest absolute Gasteiger partial charge is 0.478 e. The number of carboxylic acids is 1. The maximum absolute atomic E-state index is 11.9. The molecule has 7 heteroatoms. The van der Waals surface area contributed by atoms with Crippen molar-refractivity contribution in [1.29, 1.82) is 0 Å². The zero-order chi connectivity index (χ0) is 13.1. The number of alkyl halides is 3. The Balaban J connectivity index is 2.70. The predicted octanol–water partition coefficient (Wildman–Crippen LogP) is 2.33. The summed E-state index contributed by atoms with van der Waals surface area (Å²) in [4.78, 5) is 10.6. The average molecular weight is 248 g/mol. The van der Waals surface area contributed by atoms with E-state index in [-0.39, 0.29) is 23.5 Å². The van der Waals surface area contributed by atoms with Crippen LogP contribution in [0.2, 0.25) is 0 Å².